The molecule has 2 nitrogen and oxygen atoms in total. The molecule has 94 valence electrons. The number of benzene rings is 1. The number of hydrogen-bond donors (Lipinski definition) is 1. The topological polar surface area (TPSA) is 21.3 Å². The van der Waals surface area contributed by atoms with Crippen molar-refractivity contribution in [3.8, 4) is 5.75 Å². The van der Waals surface area contributed by atoms with Crippen LogP contribution in [0.3, 0.4) is 0 Å². The largest absolute Gasteiger partial charge is 0.496 e. The molecule has 1 N–H and O–H groups in total. The smallest absolute Gasteiger partial charge is 0.123 e. The van der Waals surface area contributed by atoms with Gasteiger partial charge >= 0.3 is 0 Å². The van der Waals surface area contributed by atoms with Crippen molar-refractivity contribution in [3.05, 3.63) is 29.3 Å². The van der Waals surface area contributed by atoms with Crippen molar-refractivity contribution in [2.45, 2.75) is 31.9 Å². The normalized spacial score (nSPS) is 19.0. The Morgan fingerprint density at radius 1 is 1.35 bits per heavy atom. The van der Waals surface area contributed by atoms with Crippen LogP contribution in [-0.2, 0) is 0 Å². The summed E-state index contributed by atoms with van der Waals surface area (Å²) in [6.45, 7) is 3.60. The molecule has 3 heteroatoms. The highest BCUT2D eigenvalue weighted by molar-refractivity contribution is 5.44. The molecular formula is C14H20FNO. The molecule has 1 aliphatic heterocycles. The van der Waals surface area contributed by atoms with Gasteiger partial charge in [0.15, 0.2) is 0 Å². The third-order valence-corrected chi connectivity index (χ3v) is 3.50. The molecule has 0 amide bonds. The molecule has 0 radical (unpaired) electrons. The minimum atomic E-state index is -0.935. The highest BCUT2D eigenvalue weighted by atomic mass is 19.1. The van der Waals surface area contributed by atoms with Crippen molar-refractivity contribution in [3.63, 3.8) is 0 Å². The van der Waals surface area contributed by atoms with Gasteiger partial charge in [-0.3, -0.25) is 0 Å². The van der Waals surface area contributed by atoms with Crippen LogP contribution in [0.2, 0.25) is 0 Å². The van der Waals surface area contributed by atoms with Gasteiger partial charge in [0.1, 0.15) is 11.9 Å². The fourth-order valence-electron chi connectivity index (χ4n) is 2.63. The lowest BCUT2D eigenvalue weighted by molar-refractivity contribution is 0.353. The van der Waals surface area contributed by atoms with Crippen LogP contribution in [0.5, 0.6) is 5.75 Å². The summed E-state index contributed by atoms with van der Waals surface area (Å²) in [4.78, 5) is 0. The quantitative estimate of drug-likeness (QED) is 0.871. The van der Waals surface area contributed by atoms with Gasteiger partial charge in [-0.05, 0) is 50.4 Å². The van der Waals surface area contributed by atoms with Crippen LogP contribution in [0.25, 0.3) is 0 Å². The average molecular weight is 237 g/mol. The molecule has 17 heavy (non-hydrogen) atoms. The lowest BCUT2D eigenvalue weighted by Gasteiger charge is -2.27. The van der Waals surface area contributed by atoms with Crippen molar-refractivity contribution < 1.29 is 9.13 Å². The van der Waals surface area contributed by atoms with Crippen molar-refractivity contribution in [2.75, 3.05) is 20.2 Å². The van der Waals surface area contributed by atoms with E-state index in [1.54, 1.807) is 14.0 Å². The minimum absolute atomic E-state index is 0.417. The lowest BCUT2D eigenvalue weighted by Crippen LogP contribution is -2.27. The maximum atomic E-state index is 13.7. The highest BCUT2D eigenvalue weighted by Gasteiger charge is 2.23. The molecule has 2 rings (SSSR count). The molecule has 0 aromatic heterocycles. The standard InChI is InChI=1S/C14H20FNO/c1-10(15)12-4-3-5-13(17-2)14(12)11-6-8-16-9-7-11/h3-5,10-11,16H,6-9H2,1-2H3. The Hall–Kier alpha value is -1.09. The van der Waals surface area contributed by atoms with Gasteiger partial charge in [0, 0.05) is 5.56 Å². The van der Waals surface area contributed by atoms with Gasteiger partial charge < -0.3 is 10.1 Å². The molecule has 1 fully saturated rings. The molecule has 1 aromatic carbocycles. The Kier molecular flexibility index (Phi) is 4.00. The van der Waals surface area contributed by atoms with Gasteiger partial charge in [-0.1, -0.05) is 12.1 Å². The molecule has 0 spiro atoms. The molecule has 1 aliphatic rings. The van der Waals surface area contributed by atoms with Gasteiger partial charge in [-0.2, -0.15) is 0 Å². The van der Waals surface area contributed by atoms with E-state index in [1.165, 1.54) is 0 Å². The number of nitrogens with one attached hydrogen (secondary N) is 1. The molecular weight excluding hydrogens is 217 g/mol. The van der Waals surface area contributed by atoms with Gasteiger partial charge in [-0.15, -0.1) is 0 Å². The van der Waals surface area contributed by atoms with Gasteiger partial charge in [0.2, 0.25) is 0 Å². The summed E-state index contributed by atoms with van der Waals surface area (Å²) in [6, 6.07) is 5.68. The van der Waals surface area contributed by atoms with Crippen LogP contribution in [0.1, 0.15) is 43.0 Å². The van der Waals surface area contributed by atoms with Crippen LogP contribution in [0.15, 0.2) is 18.2 Å². The number of rotatable bonds is 3. The first-order valence-corrected chi connectivity index (χ1v) is 6.25. The van der Waals surface area contributed by atoms with E-state index in [0.717, 1.165) is 42.8 Å². The van der Waals surface area contributed by atoms with Crippen LogP contribution in [0, 0.1) is 0 Å². The van der Waals surface area contributed by atoms with Crippen LogP contribution in [-0.4, -0.2) is 20.2 Å². The van der Waals surface area contributed by atoms with Crippen LogP contribution >= 0.6 is 0 Å². The fraction of sp³-hybridized carbons (Fsp3) is 0.571. The van der Waals surface area contributed by atoms with E-state index >= 15 is 0 Å². The van der Waals surface area contributed by atoms with Gasteiger partial charge in [-0.25, -0.2) is 4.39 Å². The Morgan fingerprint density at radius 2 is 2.06 bits per heavy atom. The zero-order valence-electron chi connectivity index (χ0n) is 10.5. The highest BCUT2D eigenvalue weighted by Crippen LogP contribution is 2.38. The first kappa shape index (κ1) is 12.4. The Morgan fingerprint density at radius 3 is 2.65 bits per heavy atom. The third-order valence-electron chi connectivity index (χ3n) is 3.50. The van der Waals surface area contributed by atoms with E-state index in [0.29, 0.717) is 5.92 Å². The summed E-state index contributed by atoms with van der Waals surface area (Å²) in [5.41, 5.74) is 1.86. The van der Waals surface area contributed by atoms with Gasteiger partial charge in [0.05, 0.1) is 7.11 Å². The molecule has 0 bridgehead atoms. The number of hydrogen-bond acceptors (Lipinski definition) is 2. The Bertz CT molecular complexity index is 372. The number of methoxy groups -OCH3 is 1. The first-order chi connectivity index (χ1) is 8.24. The number of halogens is 1. The molecule has 0 saturated carbocycles. The number of piperidine rings is 1. The number of ether oxygens (including phenoxy) is 1. The predicted molar refractivity (Wildman–Crippen MR) is 67.4 cm³/mol. The molecule has 1 saturated heterocycles. The molecule has 1 heterocycles. The van der Waals surface area contributed by atoms with E-state index in [9.17, 15) is 4.39 Å². The summed E-state index contributed by atoms with van der Waals surface area (Å²) in [7, 11) is 1.66. The maximum absolute atomic E-state index is 13.7. The molecule has 1 unspecified atom stereocenters. The van der Waals surface area contributed by atoms with E-state index < -0.39 is 6.17 Å². The van der Waals surface area contributed by atoms with Crippen molar-refractivity contribution >= 4 is 0 Å². The molecule has 1 aromatic rings. The predicted octanol–water partition coefficient (Wildman–Crippen LogP) is 3.19. The summed E-state index contributed by atoms with van der Waals surface area (Å²) >= 11 is 0. The Labute approximate surface area is 102 Å². The van der Waals surface area contributed by atoms with Crippen LogP contribution < -0.4 is 10.1 Å². The van der Waals surface area contributed by atoms with Crippen LogP contribution in [0.4, 0.5) is 4.39 Å². The lowest BCUT2D eigenvalue weighted by atomic mass is 9.85. The summed E-state index contributed by atoms with van der Waals surface area (Å²) < 4.78 is 19.1. The minimum Gasteiger partial charge on any atom is -0.496 e. The molecule has 0 aliphatic carbocycles. The third kappa shape index (κ3) is 2.60. The van der Waals surface area contributed by atoms with E-state index in [4.69, 9.17) is 4.74 Å². The maximum Gasteiger partial charge on any atom is 0.123 e. The summed E-state index contributed by atoms with van der Waals surface area (Å²) in [5.74, 6) is 1.25. The second-order valence-corrected chi connectivity index (χ2v) is 4.60. The van der Waals surface area contributed by atoms with E-state index in [-0.39, 0.29) is 0 Å². The summed E-state index contributed by atoms with van der Waals surface area (Å²) in [5, 5.41) is 3.34. The first-order valence-electron chi connectivity index (χ1n) is 6.25. The van der Waals surface area contributed by atoms with E-state index in [2.05, 4.69) is 5.32 Å². The zero-order chi connectivity index (χ0) is 12.3. The van der Waals surface area contributed by atoms with Gasteiger partial charge in [0.25, 0.3) is 0 Å². The zero-order valence-corrected chi connectivity index (χ0v) is 10.5. The summed E-state index contributed by atoms with van der Waals surface area (Å²) in [6.07, 6.45) is 1.18. The van der Waals surface area contributed by atoms with E-state index in [1.807, 2.05) is 18.2 Å². The SMILES string of the molecule is COc1cccc(C(C)F)c1C1CCNCC1. The Balaban J connectivity index is 2.40. The average Bonchev–Trinajstić information content (AvgIpc) is 2.38. The van der Waals surface area contributed by atoms with Crippen molar-refractivity contribution in [1.29, 1.82) is 0 Å². The second kappa shape index (κ2) is 5.50. The number of alkyl halides is 1. The van der Waals surface area contributed by atoms with Crippen molar-refractivity contribution in [1.82, 2.24) is 5.32 Å². The molecule has 1 atom stereocenters. The monoisotopic (exact) mass is 237 g/mol. The van der Waals surface area contributed by atoms with Crippen molar-refractivity contribution in [2.24, 2.45) is 0 Å². The second-order valence-electron chi connectivity index (χ2n) is 4.60. The fourth-order valence-corrected chi connectivity index (χ4v) is 2.63.